The number of nitro benzene ring substituents is 1. The fourth-order valence-electron chi connectivity index (χ4n) is 2.26. The maximum absolute atomic E-state index is 11.5. The highest BCUT2D eigenvalue weighted by Crippen LogP contribution is 2.39. The van der Waals surface area contributed by atoms with Gasteiger partial charge in [0.05, 0.1) is 22.1 Å². The molecule has 1 heterocycles. The monoisotopic (exact) mass is 313 g/mol. The summed E-state index contributed by atoms with van der Waals surface area (Å²) in [6.45, 7) is -0.0237. The van der Waals surface area contributed by atoms with Gasteiger partial charge in [0.15, 0.2) is 11.5 Å². The molecular formula is C16H11NO6. The lowest BCUT2D eigenvalue weighted by Gasteiger charge is -2.05. The number of rotatable bonds is 4. The van der Waals surface area contributed by atoms with Crippen LogP contribution in [0.2, 0.25) is 0 Å². The molecule has 116 valence electrons. The molecule has 23 heavy (non-hydrogen) atoms. The van der Waals surface area contributed by atoms with Gasteiger partial charge in [0.25, 0.3) is 5.69 Å². The van der Waals surface area contributed by atoms with Gasteiger partial charge in [-0.1, -0.05) is 30.3 Å². The van der Waals surface area contributed by atoms with Crippen LogP contribution >= 0.6 is 0 Å². The summed E-state index contributed by atoms with van der Waals surface area (Å²) in [5.74, 6) is -0.562. The van der Waals surface area contributed by atoms with Gasteiger partial charge in [0.1, 0.15) is 0 Å². The molecule has 0 amide bonds. The molecule has 0 saturated heterocycles. The smallest absolute Gasteiger partial charge is 0.336 e. The quantitative estimate of drug-likeness (QED) is 0.403. The maximum Gasteiger partial charge on any atom is 0.336 e. The van der Waals surface area contributed by atoms with Crippen molar-refractivity contribution in [1.29, 1.82) is 0 Å². The third-order valence-corrected chi connectivity index (χ3v) is 3.33. The molecule has 1 N–H and O–H groups in total. The van der Waals surface area contributed by atoms with Crippen molar-refractivity contribution < 1.29 is 24.3 Å². The molecule has 0 atom stereocenters. The standard InChI is InChI=1S/C16H11NO6/c18-16(19)12(10-4-2-1-3-5-10)6-11-7-14-15(23-9-22-14)8-13(11)17(20)21/h1-8H,9H2,(H,18,19). The number of nitrogens with zero attached hydrogens (tertiary/aromatic N) is 1. The van der Waals surface area contributed by atoms with Crippen LogP contribution in [0.1, 0.15) is 11.1 Å². The molecule has 3 rings (SSSR count). The summed E-state index contributed by atoms with van der Waals surface area (Å²) >= 11 is 0. The Bertz CT molecular complexity index is 813. The molecule has 0 saturated carbocycles. The zero-order chi connectivity index (χ0) is 16.4. The second-order valence-corrected chi connectivity index (χ2v) is 4.75. The molecule has 1 aliphatic rings. The molecule has 0 fully saturated rings. The Hall–Kier alpha value is -3.35. The molecule has 0 unspecified atom stereocenters. The predicted molar refractivity (Wildman–Crippen MR) is 81.2 cm³/mol. The number of benzene rings is 2. The number of aliphatic carboxylic acids is 1. The lowest BCUT2D eigenvalue weighted by Crippen LogP contribution is -2.00. The van der Waals surface area contributed by atoms with Crippen molar-refractivity contribution in [3.63, 3.8) is 0 Å². The zero-order valence-electron chi connectivity index (χ0n) is 11.8. The number of nitro groups is 1. The Morgan fingerprint density at radius 3 is 2.43 bits per heavy atom. The molecule has 2 aromatic carbocycles. The van der Waals surface area contributed by atoms with Gasteiger partial charge in [-0.25, -0.2) is 4.79 Å². The molecule has 0 aromatic heterocycles. The Kier molecular flexibility index (Phi) is 3.68. The highest BCUT2D eigenvalue weighted by Gasteiger charge is 2.23. The minimum absolute atomic E-state index is 0.0237. The van der Waals surface area contributed by atoms with Gasteiger partial charge in [0, 0.05) is 0 Å². The second-order valence-electron chi connectivity index (χ2n) is 4.75. The minimum Gasteiger partial charge on any atom is -0.478 e. The Labute approximate surface area is 130 Å². The first-order valence-electron chi connectivity index (χ1n) is 6.64. The normalized spacial score (nSPS) is 13.0. The van der Waals surface area contributed by atoms with E-state index in [4.69, 9.17) is 9.47 Å². The average Bonchev–Trinajstić information content (AvgIpc) is 2.99. The van der Waals surface area contributed by atoms with Gasteiger partial charge in [-0.05, 0) is 17.7 Å². The van der Waals surface area contributed by atoms with E-state index < -0.39 is 10.9 Å². The first-order chi connectivity index (χ1) is 11.1. The number of hydrogen-bond acceptors (Lipinski definition) is 5. The molecule has 2 aromatic rings. The molecule has 7 heteroatoms. The van der Waals surface area contributed by atoms with Crippen molar-refractivity contribution >= 4 is 23.3 Å². The van der Waals surface area contributed by atoms with Crippen LogP contribution in [0.25, 0.3) is 11.6 Å². The number of hydrogen-bond donors (Lipinski definition) is 1. The topological polar surface area (TPSA) is 98.9 Å². The van der Waals surface area contributed by atoms with Crippen LogP contribution in [0.15, 0.2) is 42.5 Å². The van der Waals surface area contributed by atoms with Gasteiger partial charge in [-0.2, -0.15) is 0 Å². The van der Waals surface area contributed by atoms with Crippen molar-refractivity contribution in [3.8, 4) is 11.5 Å². The fourth-order valence-corrected chi connectivity index (χ4v) is 2.26. The van der Waals surface area contributed by atoms with Crippen molar-refractivity contribution in [2.75, 3.05) is 6.79 Å². The van der Waals surface area contributed by atoms with Crippen LogP contribution in [-0.4, -0.2) is 22.8 Å². The number of carbonyl (C=O) groups is 1. The molecule has 0 spiro atoms. The van der Waals surface area contributed by atoms with Crippen LogP contribution in [0.5, 0.6) is 11.5 Å². The Morgan fingerprint density at radius 1 is 1.17 bits per heavy atom. The highest BCUT2D eigenvalue weighted by atomic mass is 16.7. The summed E-state index contributed by atoms with van der Waals surface area (Å²) in [6, 6.07) is 11.0. The van der Waals surface area contributed by atoms with Crippen LogP contribution in [0.3, 0.4) is 0 Å². The minimum atomic E-state index is -1.18. The van der Waals surface area contributed by atoms with Crippen LogP contribution in [0, 0.1) is 10.1 Å². The fraction of sp³-hybridized carbons (Fsp3) is 0.0625. The van der Waals surface area contributed by atoms with Crippen LogP contribution < -0.4 is 9.47 Å². The molecule has 0 radical (unpaired) electrons. The molecule has 1 aliphatic heterocycles. The van der Waals surface area contributed by atoms with E-state index in [0.29, 0.717) is 11.3 Å². The van der Waals surface area contributed by atoms with Gasteiger partial charge >= 0.3 is 5.97 Å². The SMILES string of the molecule is O=C(O)C(=Cc1cc2c(cc1[N+](=O)[O-])OCO2)c1ccccc1. The second kappa shape index (κ2) is 5.80. The zero-order valence-corrected chi connectivity index (χ0v) is 11.8. The highest BCUT2D eigenvalue weighted by molar-refractivity contribution is 6.21. The molecular weight excluding hydrogens is 302 g/mol. The van der Waals surface area contributed by atoms with E-state index in [1.165, 1.54) is 18.2 Å². The number of ether oxygens (including phenoxy) is 2. The summed E-state index contributed by atoms with van der Waals surface area (Å²) in [7, 11) is 0. The third-order valence-electron chi connectivity index (χ3n) is 3.33. The first kappa shape index (κ1) is 14.6. The van der Waals surface area contributed by atoms with Gasteiger partial charge < -0.3 is 14.6 Å². The molecule has 0 aliphatic carbocycles. The summed E-state index contributed by atoms with van der Waals surface area (Å²) < 4.78 is 10.3. The van der Waals surface area contributed by atoms with Crippen molar-refractivity contribution in [1.82, 2.24) is 0 Å². The predicted octanol–water partition coefficient (Wildman–Crippen LogP) is 2.95. The van der Waals surface area contributed by atoms with Crippen LogP contribution in [-0.2, 0) is 4.79 Å². The van der Waals surface area contributed by atoms with Gasteiger partial charge in [-0.15, -0.1) is 0 Å². The number of carboxylic acid groups (broad SMARTS) is 1. The summed E-state index contributed by atoms with van der Waals surface area (Å²) in [6.07, 6.45) is 1.26. The van der Waals surface area contributed by atoms with Gasteiger partial charge in [-0.3, -0.25) is 10.1 Å². The van der Waals surface area contributed by atoms with E-state index in [-0.39, 0.29) is 29.4 Å². The van der Waals surface area contributed by atoms with Crippen LogP contribution in [0.4, 0.5) is 5.69 Å². The van der Waals surface area contributed by atoms with Crippen molar-refractivity contribution in [2.24, 2.45) is 0 Å². The molecule has 0 bridgehead atoms. The van der Waals surface area contributed by atoms with E-state index in [9.17, 15) is 20.0 Å². The maximum atomic E-state index is 11.5. The average molecular weight is 313 g/mol. The van der Waals surface area contributed by atoms with E-state index in [1.807, 2.05) is 0 Å². The number of fused-ring (bicyclic) bond motifs is 1. The Balaban J connectivity index is 2.16. The Morgan fingerprint density at radius 2 is 1.83 bits per heavy atom. The largest absolute Gasteiger partial charge is 0.478 e. The van der Waals surface area contributed by atoms with E-state index in [1.54, 1.807) is 30.3 Å². The van der Waals surface area contributed by atoms with Gasteiger partial charge in [0.2, 0.25) is 6.79 Å². The van der Waals surface area contributed by atoms with E-state index in [0.717, 1.165) is 0 Å². The van der Waals surface area contributed by atoms with Crippen molar-refractivity contribution in [3.05, 3.63) is 63.7 Å². The lowest BCUT2D eigenvalue weighted by molar-refractivity contribution is -0.385. The summed E-state index contributed by atoms with van der Waals surface area (Å²) in [5, 5.41) is 20.7. The molecule has 7 nitrogen and oxygen atoms in total. The number of carboxylic acids is 1. The van der Waals surface area contributed by atoms with E-state index >= 15 is 0 Å². The summed E-state index contributed by atoms with van der Waals surface area (Å²) in [4.78, 5) is 22.2. The first-order valence-corrected chi connectivity index (χ1v) is 6.64. The summed E-state index contributed by atoms with van der Waals surface area (Å²) in [5.41, 5.74) is 0.295. The van der Waals surface area contributed by atoms with E-state index in [2.05, 4.69) is 0 Å². The lowest BCUT2D eigenvalue weighted by atomic mass is 10.0. The third kappa shape index (κ3) is 2.84. The van der Waals surface area contributed by atoms with Crippen molar-refractivity contribution in [2.45, 2.75) is 0 Å².